The number of aliphatic hydroxyl groups excluding tert-OH is 1. The van der Waals surface area contributed by atoms with E-state index in [0.29, 0.717) is 23.3 Å². The lowest BCUT2D eigenvalue weighted by atomic mass is 9.93. The first-order valence-corrected chi connectivity index (χ1v) is 12.6. The Kier molecular flexibility index (Phi) is 6.68. The number of carbonyl (C=O) groups excluding carboxylic acids is 2. The maximum absolute atomic E-state index is 13.4. The summed E-state index contributed by atoms with van der Waals surface area (Å²) >= 11 is 0. The number of phenols is 1. The molecule has 38 heavy (non-hydrogen) atoms. The number of phenolic OH excluding ortho intramolecular Hbond substituents is 1. The molecule has 4 aromatic rings. The molecule has 1 amide bonds. The van der Waals surface area contributed by atoms with Gasteiger partial charge in [-0.1, -0.05) is 44.2 Å². The molecule has 1 saturated heterocycles. The second-order valence-electron chi connectivity index (χ2n) is 9.81. The number of Topliss-reactive ketones (excluding diaryl/α,β-unsaturated/α-hetero) is 1. The maximum Gasteiger partial charge on any atom is 0.295 e. The molecule has 194 valence electrons. The normalized spacial score (nSPS) is 17.1. The number of nitrogens with one attached hydrogen (secondary N) is 1. The standard InChI is InChI=1S/C31H30N2O5/c1-18(2)24-16-20(11-12-26(24)38-3)29(35)27-28(19-7-6-8-22(34)15-19)33(31(37)30(27)36)14-13-21-17-32-25-10-5-4-9-23(21)25/h4-12,15-18,28,32,34-35H,13-14H2,1-3H3/b29-27+. The number of hydrogen-bond acceptors (Lipinski definition) is 5. The Morgan fingerprint density at radius 3 is 2.58 bits per heavy atom. The molecular formula is C31H30N2O5. The third kappa shape index (κ3) is 4.41. The summed E-state index contributed by atoms with van der Waals surface area (Å²) in [5, 5.41) is 22.7. The van der Waals surface area contributed by atoms with E-state index in [1.165, 1.54) is 17.0 Å². The molecule has 0 spiro atoms. The lowest BCUT2D eigenvalue weighted by Gasteiger charge is -2.25. The first-order chi connectivity index (χ1) is 18.3. The Labute approximate surface area is 221 Å². The lowest BCUT2D eigenvalue weighted by molar-refractivity contribution is -0.139. The number of aliphatic hydroxyl groups is 1. The van der Waals surface area contributed by atoms with Crippen LogP contribution in [0.2, 0.25) is 0 Å². The van der Waals surface area contributed by atoms with Gasteiger partial charge in [0.25, 0.3) is 11.7 Å². The summed E-state index contributed by atoms with van der Waals surface area (Å²) in [6.45, 7) is 4.28. The summed E-state index contributed by atoms with van der Waals surface area (Å²) in [4.78, 5) is 31.5. The molecule has 0 bridgehead atoms. The molecule has 2 heterocycles. The van der Waals surface area contributed by atoms with Crippen molar-refractivity contribution in [1.29, 1.82) is 0 Å². The number of benzene rings is 3. The number of aromatic hydroxyl groups is 1. The highest BCUT2D eigenvalue weighted by Crippen LogP contribution is 2.41. The van der Waals surface area contributed by atoms with Crippen molar-refractivity contribution in [1.82, 2.24) is 9.88 Å². The van der Waals surface area contributed by atoms with Crippen LogP contribution in [0.15, 0.2) is 78.5 Å². The van der Waals surface area contributed by atoms with Crippen molar-refractivity contribution < 1.29 is 24.5 Å². The van der Waals surface area contributed by atoms with Gasteiger partial charge in [0.15, 0.2) is 0 Å². The van der Waals surface area contributed by atoms with Crippen LogP contribution in [0.4, 0.5) is 0 Å². The fourth-order valence-electron chi connectivity index (χ4n) is 5.22. The molecule has 1 fully saturated rings. The van der Waals surface area contributed by atoms with Crippen molar-refractivity contribution in [3.63, 3.8) is 0 Å². The maximum atomic E-state index is 13.4. The highest BCUT2D eigenvalue weighted by Gasteiger charge is 2.46. The van der Waals surface area contributed by atoms with Crippen molar-refractivity contribution in [2.45, 2.75) is 32.2 Å². The molecule has 0 radical (unpaired) electrons. The van der Waals surface area contributed by atoms with E-state index in [-0.39, 0.29) is 29.5 Å². The summed E-state index contributed by atoms with van der Waals surface area (Å²) < 4.78 is 5.47. The average molecular weight is 511 g/mol. The smallest absolute Gasteiger partial charge is 0.295 e. The van der Waals surface area contributed by atoms with Gasteiger partial charge in [-0.15, -0.1) is 0 Å². The molecule has 5 rings (SSSR count). The Bertz CT molecular complexity index is 1570. The van der Waals surface area contributed by atoms with Gasteiger partial charge >= 0.3 is 0 Å². The van der Waals surface area contributed by atoms with Gasteiger partial charge in [0.1, 0.15) is 17.3 Å². The zero-order valence-electron chi connectivity index (χ0n) is 21.6. The number of H-pyrrole nitrogens is 1. The number of nitrogens with zero attached hydrogens (tertiary/aromatic N) is 1. The molecule has 1 atom stereocenters. The second kappa shape index (κ2) is 10.1. The number of hydrogen-bond donors (Lipinski definition) is 3. The van der Waals surface area contributed by atoms with Crippen LogP contribution in [0.1, 0.15) is 48.1 Å². The van der Waals surface area contributed by atoms with Crippen LogP contribution in [-0.2, 0) is 16.0 Å². The Hall–Kier alpha value is -4.52. The SMILES string of the molecule is COc1ccc(/C(O)=C2\C(=O)C(=O)N(CCc3c[nH]c4ccccc34)C2c2cccc(O)c2)cc1C(C)C. The van der Waals surface area contributed by atoms with E-state index in [2.05, 4.69) is 4.98 Å². The van der Waals surface area contributed by atoms with E-state index in [1.54, 1.807) is 37.4 Å². The van der Waals surface area contributed by atoms with Crippen LogP contribution in [-0.4, -0.2) is 45.4 Å². The molecular weight excluding hydrogens is 480 g/mol. The van der Waals surface area contributed by atoms with Gasteiger partial charge in [0.05, 0.1) is 18.7 Å². The topological polar surface area (TPSA) is 103 Å². The third-order valence-corrected chi connectivity index (χ3v) is 7.15. The number of aromatic nitrogens is 1. The molecule has 1 aromatic heterocycles. The number of para-hydroxylation sites is 1. The Morgan fingerprint density at radius 1 is 1.05 bits per heavy atom. The fourth-order valence-corrected chi connectivity index (χ4v) is 5.22. The minimum absolute atomic E-state index is 0.000556. The van der Waals surface area contributed by atoms with E-state index in [4.69, 9.17) is 4.74 Å². The van der Waals surface area contributed by atoms with E-state index in [9.17, 15) is 19.8 Å². The fraction of sp³-hybridized carbons (Fsp3) is 0.226. The van der Waals surface area contributed by atoms with Crippen molar-refractivity contribution in [2.24, 2.45) is 0 Å². The minimum Gasteiger partial charge on any atom is -0.508 e. The first kappa shape index (κ1) is 25.1. The van der Waals surface area contributed by atoms with Gasteiger partial charge in [0, 0.05) is 29.2 Å². The van der Waals surface area contributed by atoms with E-state index >= 15 is 0 Å². The molecule has 7 nitrogen and oxygen atoms in total. The lowest BCUT2D eigenvalue weighted by Crippen LogP contribution is -2.31. The van der Waals surface area contributed by atoms with Crippen molar-refractivity contribution >= 4 is 28.4 Å². The molecule has 0 aliphatic carbocycles. The Balaban J connectivity index is 1.59. The molecule has 3 aromatic carbocycles. The zero-order valence-corrected chi connectivity index (χ0v) is 21.6. The van der Waals surface area contributed by atoms with Crippen molar-refractivity contribution in [3.05, 3.63) is 101 Å². The molecule has 7 heteroatoms. The highest BCUT2D eigenvalue weighted by molar-refractivity contribution is 6.46. The quantitative estimate of drug-likeness (QED) is 0.169. The number of likely N-dealkylation sites (tertiary alicyclic amines) is 1. The van der Waals surface area contributed by atoms with Crippen molar-refractivity contribution in [2.75, 3.05) is 13.7 Å². The van der Waals surface area contributed by atoms with Gasteiger partial charge in [-0.3, -0.25) is 9.59 Å². The molecule has 1 unspecified atom stereocenters. The first-order valence-electron chi connectivity index (χ1n) is 12.6. The third-order valence-electron chi connectivity index (χ3n) is 7.15. The van der Waals surface area contributed by atoms with Crippen LogP contribution in [0.5, 0.6) is 11.5 Å². The van der Waals surface area contributed by atoms with Crippen molar-refractivity contribution in [3.8, 4) is 11.5 Å². The molecule has 1 aliphatic rings. The van der Waals surface area contributed by atoms with E-state index in [0.717, 1.165) is 22.0 Å². The van der Waals surface area contributed by atoms with Gasteiger partial charge in [-0.2, -0.15) is 0 Å². The largest absolute Gasteiger partial charge is 0.508 e. The monoisotopic (exact) mass is 510 g/mol. The van der Waals surface area contributed by atoms with Gasteiger partial charge < -0.3 is 24.8 Å². The minimum atomic E-state index is -0.850. The summed E-state index contributed by atoms with van der Waals surface area (Å²) in [5.74, 6) is -0.889. The number of ether oxygens (including phenoxy) is 1. The Morgan fingerprint density at radius 2 is 1.84 bits per heavy atom. The summed E-state index contributed by atoms with van der Waals surface area (Å²) in [6, 6.07) is 18.7. The number of amides is 1. The summed E-state index contributed by atoms with van der Waals surface area (Å²) in [5.41, 5.74) is 3.86. The number of rotatable bonds is 7. The van der Waals surface area contributed by atoms with Crippen LogP contribution in [0.3, 0.4) is 0 Å². The second-order valence-corrected chi connectivity index (χ2v) is 9.81. The van der Waals surface area contributed by atoms with Crippen LogP contribution in [0.25, 0.3) is 16.7 Å². The van der Waals surface area contributed by atoms with E-state index in [1.807, 2.05) is 44.3 Å². The number of carbonyl (C=O) groups is 2. The number of fused-ring (bicyclic) bond motifs is 1. The van der Waals surface area contributed by atoms with Gasteiger partial charge in [-0.25, -0.2) is 0 Å². The number of ketones is 1. The zero-order chi connectivity index (χ0) is 27.0. The summed E-state index contributed by atoms with van der Waals surface area (Å²) in [7, 11) is 1.59. The average Bonchev–Trinajstić information content (AvgIpc) is 3.44. The predicted molar refractivity (Wildman–Crippen MR) is 146 cm³/mol. The predicted octanol–water partition coefficient (Wildman–Crippen LogP) is 5.67. The number of methoxy groups -OCH3 is 1. The highest BCUT2D eigenvalue weighted by atomic mass is 16.5. The van der Waals surface area contributed by atoms with Crippen LogP contribution >= 0.6 is 0 Å². The van der Waals surface area contributed by atoms with Gasteiger partial charge in [0.2, 0.25) is 0 Å². The molecule has 0 saturated carbocycles. The van der Waals surface area contributed by atoms with Gasteiger partial charge in [-0.05, 0) is 65.4 Å². The molecule has 1 aliphatic heterocycles. The van der Waals surface area contributed by atoms with Crippen LogP contribution < -0.4 is 4.74 Å². The van der Waals surface area contributed by atoms with E-state index < -0.39 is 17.7 Å². The summed E-state index contributed by atoms with van der Waals surface area (Å²) in [6.07, 6.45) is 2.42. The van der Waals surface area contributed by atoms with Crippen LogP contribution in [0, 0.1) is 0 Å². The number of aromatic amines is 1. The molecule has 3 N–H and O–H groups in total.